The quantitative estimate of drug-likeness (QED) is 0.536. The highest BCUT2D eigenvalue weighted by molar-refractivity contribution is 5.77. The highest BCUT2D eigenvalue weighted by atomic mass is 16.6. The molecule has 0 aliphatic heterocycles. The van der Waals surface area contributed by atoms with Gasteiger partial charge in [-0.25, -0.2) is 0 Å². The molecule has 2 aromatic carbocycles. The van der Waals surface area contributed by atoms with Crippen LogP contribution in [-0.2, 0) is 4.79 Å². The van der Waals surface area contributed by atoms with Gasteiger partial charge in [0.25, 0.3) is 11.6 Å². The monoisotopic (exact) mass is 373 g/mol. The van der Waals surface area contributed by atoms with Crippen LogP contribution < -0.4 is 14.8 Å². The van der Waals surface area contributed by atoms with E-state index in [9.17, 15) is 14.9 Å². The van der Waals surface area contributed by atoms with E-state index in [-0.39, 0.29) is 30.0 Å². The van der Waals surface area contributed by atoms with Gasteiger partial charge >= 0.3 is 0 Å². The summed E-state index contributed by atoms with van der Waals surface area (Å²) in [7, 11) is 5.47. The van der Waals surface area contributed by atoms with Crippen molar-refractivity contribution in [2.24, 2.45) is 0 Å². The highest BCUT2D eigenvalue weighted by Crippen LogP contribution is 2.21. The van der Waals surface area contributed by atoms with E-state index >= 15 is 0 Å². The molecule has 2 rings (SSSR count). The molecule has 0 saturated carbocycles. The van der Waals surface area contributed by atoms with Gasteiger partial charge in [0.05, 0.1) is 24.1 Å². The predicted molar refractivity (Wildman–Crippen MR) is 101 cm³/mol. The second kappa shape index (κ2) is 9.54. The molecule has 2 aromatic rings. The van der Waals surface area contributed by atoms with Gasteiger partial charge in [-0.2, -0.15) is 0 Å². The SMILES string of the molecule is COc1ccc(C(CNC(=O)COc2cccc([N+](=O)[O-])c2)N(C)C)cc1. The second-order valence-corrected chi connectivity index (χ2v) is 6.10. The van der Waals surface area contributed by atoms with Gasteiger partial charge in [-0.15, -0.1) is 0 Å². The number of amides is 1. The van der Waals surface area contributed by atoms with Crippen molar-refractivity contribution < 1.29 is 19.2 Å². The number of rotatable bonds is 9. The Labute approximate surface area is 157 Å². The molecule has 1 unspecified atom stereocenters. The average molecular weight is 373 g/mol. The summed E-state index contributed by atoms with van der Waals surface area (Å²) in [5.41, 5.74) is 0.959. The first-order chi connectivity index (χ1) is 12.9. The van der Waals surface area contributed by atoms with E-state index in [1.165, 1.54) is 18.2 Å². The first kappa shape index (κ1) is 20.2. The molecule has 0 heterocycles. The molecule has 0 saturated heterocycles. The number of carbonyl (C=O) groups excluding carboxylic acids is 1. The Kier molecular flexibility index (Phi) is 7.13. The number of likely N-dealkylation sites (N-methyl/N-ethyl adjacent to an activating group) is 1. The molecule has 0 aliphatic rings. The number of nitro benzene ring substituents is 1. The lowest BCUT2D eigenvalue weighted by molar-refractivity contribution is -0.384. The summed E-state index contributed by atoms with van der Waals surface area (Å²) in [5.74, 6) is 0.742. The van der Waals surface area contributed by atoms with Crippen LogP contribution in [0.25, 0.3) is 0 Å². The molecular weight excluding hydrogens is 350 g/mol. The summed E-state index contributed by atoms with van der Waals surface area (Å²) >= 11 is 0. The number of ether oxygens (including phenoxy) is 2. The second-order valence-electron chi connectivity index (χ2n) is 6.10. The van der Waals surface area contributed by atoms with Crippen LogP contribution in [0, 0.1) is 10.1 Å². The average Bonchev–Trinajstić information content (AvgIpc) is 2.67. The van der Waals surface area contributed by atoms with Crippen molar-refractivity contribution in [3.8, 4) is 11.5 Å². The molecule has 1 N–H and O–H groups in total. The Hall–Kier alpha value is -3.13. The zero-order valence-electron chi connectivity index (χ0n) is 15.5. The Morgan fingerprint density at radius 1 is 1.19 bits per heavy atom. The maximum absolute atomic E-state index is 12.1. The Morgan fingerprint density at radius 3 is 2.48 bits per heavy atom. The van der Waals surface area contributed by atoms with Crippen LogP contribution in [0.2, 0.25) is 0 Å². The fourth-order valence-corrected chi connectivity index (χ4v) is 2.52. The van der Waals surface area contributed by atoms with Crippen molar-refractivity contribution >= 4 is 11.6 Å². The van der Waals surface area contributed by atoms with Gasteiger partial charge in [0.15, 0.2) is 6.61 Å². The van der Waals surface area contributed by atoms with E-state index < -0.39 is 4.92 Å². The topological polar surface area (TPSA) is 93.9 Å². The lowest BCUT2D eigenvalue weighted by Crippen LogP contribution is -2.36. The third kappa shape index (κ3) is 5.96. The van der Waals surface area contributed by atoms with Crippen molar-refractivity contribution in [3.63, 3.8) is 0 Å². The zero-order valence-corrected chi connectivity index (χ0v) is 15.5. The van der Waals surface area contributed by atoms with Crippen LogP contribution in [0.15, 0.2) is 48.5 Å². The van der Waals surface area contributed by atoms with Crippen molar-refractivity contribution in [1.82, 2.24) is 10.2 Å². The van der Waals surface area contributed by atoms with Crippen LogP contribution in [-0.4, -0.2) is 50.1 Å². The van der Waals surface area contributed by atoms with E-state index in [4.69, 9.17) is 9.47 Å². The maximum atomic E-state index is 12.1. The fraction of sp³-hybridized carbons (Fsp3) is 0.316. The predicted octanol–water partition coefficient (Wildman–Crippen LogP) is 2.40. The molecule has 144 valence electrons. The van der Waals surface area contributed by atoms with Crippen LogP contribution in [0.3, 0.4) is 0 Å². The minimum Gasteiger partial charge on any atom is -0.497 e. The summed E-state index contributed by atoms with van der Waals surface area (Å²) in [4.78, 5) is 24.3. The van der Waals surface area contributed by atoms with Crippen LogP contribution in [0.4, 0.5) is 5.69 Å². The van der Waals surface area contributed by atoms with Crippen LogP contribution in [0.5, 0.6) is 11.5 Å². The first-order valence-corrected chi connectivity index (χ1v) is 8.35. The number of carbonyl (C=O) groups is 1. The lowest BCUT2D eigenvalue weighted by Gasteiger charge is -2.25. The number of non-ortho nitro benzene ring substituents is 1. The first-order valence-electron chi connectivity index (χ1n) is 8.35. The molecule has 1 amide bonds. The maximum Gasteiger partial charge on any atom is 0.273 e. The highest BCUT2D eigenvalue weighted by Gasteiger charge is 2.16. The summed E-state index contributed by atoms with van der Waals surface area (Å²) < 4.78 is 10.5. The molecule has 0 radical (unpaired) electrons. The number of nitrogens with zero attached hydrogens (tertiary/aromatic N) is 2. The Bertz CT molecular complexity index is 777. The Balaban J connectivity index is 1.90. The number of benzene rings is 2. The number of hydrogen-bond acceptors (Lipinski definition) is 6. The Morgan fingerprint density at radius 2 is 1.89 bits per heavy atom. The van der Waals surface area contributed by atoms with Gasteiger partial charge in [-0.05, 0) is 37.9 Å². The van der Waals surface area contributed by atoms with Crippen LogP contribution >= 0.6 is 0 Å². The standard InChI is InChI=1S/C19H23N3O5/c1-21(2)18(14-7-9-16(26-3)10-8-14)12-20-19(23)13-27-17-6-4-5-15(11-17)22(24)25/h4-11,18H,12-13H2,1-3H3,(H,20,23). The molecule has 27 heavy (non-hydrogen) atoms. The molecule has 0 spiro atoms. The minimum atomic E-state index is -0.510. The van der Waals surface area contributed by atoms with E-state index in [0.29, 0.717) is 6.54 Å². The number of nitrogens with one attached hydrogen (secondary N) is 1. The summed E-state index contributed by atoms with van der Waals surface area (Å²) in [5, 5.41) is 13.6. The zero-order chi connectivity index (χ0) is 19.8. The number of nitro groups is 1. The lowest BCUT2D eigenvalue weighted by atomic mass is 10.1. The van der Waals surface area contributed by atoms with E-state index in [2.05, 4.69) is 5.32 Å². The normalized spacial score (nSPS) is 11.7. The fourth-order valence-electron chi connectivity index (χ4n) is 2.52. The summed E-state index contributed by atoms with van der Waals surface area (Å²) in [6.45, 7) is 0.181. The number of hydrogen-bond donors (Lipinski definition) is 1. The van der Waals surface area contributed by atoms with Crippen LogP contribution in [0.1, 0.15) is 11.6 Å². The van der Waals surface area contributed by atoms with Gasteiger partial charge < -0.3 is 19.7 Å². The molecule has 0 fully saturated rings. The van der Waals surface area contributed by atoms with Crippen molar-refractivity contribution in [2.45, 2.75) is 6.04 Å². The summed E-state index contributed by atoms with van der Waals surface area (Å²) in [6, 6.07) is 13.4. The third-order valence-electron chi connectivity index (χ3n) is 4.01. The van der Waals surface area contributed by atoms with Crippen molar-refractivity contribution in [3.05, 3.63) is 64.2 Å². The van der Waals surface area contributed by atoms with E-state index in [0.717, 1.165) is 11.3 Å². The third-order valence-corrected chi connectivity index (χ3v) is 4.01. The molecule has 8 nitrogen and oxygen atoms in total. The largest absolute Gasteiger partial charge is 0.497 e. The van der Waals surface area contributed by atoms with Crippen molar-refractivity contribution in [1.29, 1.82) is 0 Å². The molecule has 0 bridgehead atoms. The molecule has 8 heteroatoms. The smallest absolute Gasteiger partial charge is 0.273 e. The molecule has 0 aliphatic carbocycles. The molecule has 1 atom stereocenters. The number of methoxy groups -OCH3 is 1. The van der Waals surface area contributed by atoms with Crippen molar-refractivity contribution in [2.75, 3.05) is 34.4 Å². The van der Waals surface area contributed by atoms with Gasteiger partial charge in [0.1, 0.15) is 11.5 Å². The van der Waals surface area contributed by atoms with Gasteiger partial charge in [0, 0.05) is 12.6 Å². The van der Waals surface area contributed by atoms with Gasteiger partial charge in [0.2, 0.25) is 0 Å². The minimum absolute atomic E-state index is 0.0160. The van der Waals surface area contributed by atoms with E-state index in [1.807, 2.05) is 43.3 Å². The molecular formula is C19H23N3O5. The molecule has 0 aromatic heterocycles. The summed E-state index contributed by atoms with van der Waals surface area (Å²) in [6.07, 6.45) is 0. The van der Waals surface area contributed by atoms with E-state index in [1.54, 1.807) is 13.2 Å². The van der Waals surface area contributed by atoms with Gasteiger partial charge in [-0.3, -0.25) is 14.9 Å². The van der Waals surface area contributed by atoms with Gasteiger partial charge in [-0.1, -0.05) is 18.2 Å².